The maximum Gasteiger partial charge on any atom is 0.324 e. The van der Waals surface area contributed by atoms with Crippen LogP contribution in [0.1, 0.15) is 5.56 Å². The lowest BCUT2D eigenvalue weighted by molar-refractivity contribution is -0.384. The van der Waals surface area contributed by atoms with E-state index in [-0.39, 0.29) is 16.3 Å². The van der Waals surface area contributed by atoms with E-state index in [9.17, 15) is 23.3 Å². The first-order chi connectivity index (χ1) is 12.2. The van der Waals surface area contributed by atoms with Crippen LogP contribution in [0.5, 0.6) is 0 Å². The Labute approximate surface area is 154 Å². The minimum absolute atomic E-state index is 0.0580. The molecule has 0 heterocycles. The summed E-state index contributed by atoms with van der Waals surface area (Å²) in [4.78, 5) is 21.8. The average molecular weight is 399 g/mol. The van der Waals surface area contributed by atoms with Crippen molar-refractivity contribution in [3.8, 4) is 0 Å². The van der Waals surface area contributed by atoms with E-state index in [1.165, 1.54) is 0 Å². The van der Waals surface area contributed by atoms with Gasteiger partial charge in [0, 0.05) is 6.07 Å². The number of carbonyl (C=O) groups excluding carboxylic acids is 1. The number of hydrogen-bond donors (Lipinski definition) is 1. The molecule has 1 N–H and O–H groups in total. The number of benzene rings is 2. The van der Waals surface area contributed by atoms with Gasteiger partial charge < -0.3 is 4.74 Å². The standard InChI is InChI=1S/C16H15ClN2O6S/c1-25-16(20)14(9-11-5-3-2-4-6-11)18-26(23,24)12-7-8-13(17)15(10-12)19(21)22/h2-8,10,14,18H,9H2,1H3/t14-/m0/s1. The number of nitro benzene ring substituents is 1. The molecule has 0 aliphatic rings. The van der Waals surface area contributed by atoms with Crippen molar-refractivity contribution in [1.29, 1.82) is 0 Å². The summed E-state index contributed by atoms with van der Waals surface area (Å²) >= 11 is 5.70. The van der Waals surface area contributed by atoms with Crippen LogP contribution in [0.4, 0.5) is 5.69 Å². The van der Waals surface area contributed by atoms with Crippen molar-refractivity contribution in [1.82, 2.24) is 4.72 Å². The molecule has 8 nitrogen and oxygen atoms in total. The van der Waals surface area contributed by atoms with Gasteiger partial charge in [0.25, 0.3) is 5.69 Å². The van der Waals surface area contributed by atoms with Crippen LogP contribution in [-0.4, -0.2) is 32.5 Å². The molecule has 2 rings (SSSR count). The van der Waals surface area contributed by atoms with Gasteiger partial charge in [0.05, 0.1) is 16.9 Å². The third kappa shape index (κ3) is 4.78. The maximum atomic E-state index is 12.6. The minimum atomic E-state index is -4.22. The smallest absolute Gasteiger partial charge is 0.324 e. The SMILES string of the molecule is COC(=O)[C@H](Cc1ccccc1)NS(=O)(=O)c1ccc(Cl)c([N+](=O)[O-])c1. The fraction of sp³-hybridized carbons (Fsp3) is 0.188. The average Bonchev–Trinajstić information content (AvgIpc) is 2.61. The highest BCUT2D eigenvalue weighted by Crippen LogP contribution is 2.27. The highest BCUT2D eigenvalue weighted by atomic mass is 35.5. The van der Waals surface area contributed by atoms with Gasteiger partial charge in [0.2, 0.25) is 10.0 Å². The summed E-state index contributed by atoms with van der Waals surface area (Å²) in [7, 11) is -3.08. The molecule has 0 saturated carbocycles. The predicted octanol–water partition coefficient (Wildman–Crippen LogP) is 2.31. The molecule has 0 bridgehead atoms. The summed E-state index contributed by atoms with van der Waals surface area (Å²) in [6.45, 7) is 0. The van der Waals surface area contributed by atoms with Crippen molar-refractivity contribution in [3.05, 3.63) is 69.2 Å². The van der Waals surface area contributed by atoms with Crippen molar-refractivity contribution in [2.24, 2.45) is 0 Å². The zero-order chi connectivity index (χ0) is 19.3. The van der Waals surface area contributed by atoms with E-state index in [4.69, 9.17) is 11.6 Å². The predicted molar refractivity (Wildman–Crippen MR) is 94.4 cm³/mol. The number of ether oxygens (including phenoxy) is 1. The number of hydrogen-bond acceptors (Lipinski definition) is 6. The number of sulfonamides is 1. The second-order valence-electron chi connectivity index (χ2n) is 5.26. The van der Waals surface area contributed by atoms with Crippen LogP contribution < -0.4 is 4.72 Å². The van der Waals surface area contributed by atoms with E-state index in [0.717, 1.165) is 25.3 Å². The first kappa shape index (κ1) is 19.8. The molecule has 0 aliphatic carbocycles. The quantitative estimate of drug-likeness (QED) is 0.434. The number of nitro groups is 1. The Morgan fingerprint density at radius 1 is 1.27 bits per heavy atom. The number of halogens is 1. The maximum absolute atomic E-state index is 12.6. The highest BCUT2D eigenvalue weighted by Gasteiger charge is 2.28. The van der Waals surface area contributed by atoms with Gasteiger partial charge in [-0.1, -0.05) is 41.9 Å². The summed E-state index contributed by atoms with van der Waals surface area (Å²) < 4.78 is 32.0. The molecular formula is C16H15ClN2O6S. The third-order valence-corrected chi connectivity index (χ3v) is 5.28. The number of carbonyl (C=O) groups is 1. The van der Waals surface area contributed by atoms with Gasteiger partial charge in [-0.2, -0.15) is 4.72 Å². The van der Waals surface area contributed by atoms with Gasteiger partial charge in [-0.3, -0.25) is 14.9 Å². The minimum Gasteiger partial charge on any atom is -0.468 e. The van der Waals surface area contributed by atoms with Crippen LogP contribution in [0, 0.1) is 10.1 Å². The van der Waals surface area contributed by atoms with Crippen LogP contribution in [-0.2, 0) is 26.0 Å². The molecule has 0 spiro atoms. The van der Waals surface area contributed by atoms with E-state index in [2.05, 4.69) is 9.46 Å². The Kier molecular flexibility index (Phi) is 6.30. The van der Waals surface area contributed by atoms with Crippen LogP contribution in [0.15, 0.2) is 53.4 Å². The largest absolute Gasteiger partial charge is 0.468 e. The number of nitrogens with one attached hydrogen (secondary N) is 1. The van der Waals surface area contributed by atoms with Crippen molar-refractivity contribution in [2.75, 3.05) is 7.11 Å². The first-order valence-electron chi connectivity index (χ1n) is 7.32. The van der Waals surface area contributed by atoms with E-state index in [1.54, 1.807) is 30.3 Å². The van der Waals surface area contributed by atoms with Crippen molar-refractivity contribution in [2.45, 2.75) is 17.4 Å². The Morgan fingerprint density at radius 3 is 2.50 bits per heavy atom. The summed E-state index contributed by atoms with van der Waals surface area (Å²) in [5.41, 5.74) is 0.167. The lowest BCUT2D eigenvalue weighted by Gasteiger charge is -2.17. The fourth-order valence-corrected chi connectivity index (χ4v) is 3.61. The molecule has 138 valence electrons. The number of rotatable bonds is 7. The van der Waals surface area contributed by atoms with Crippen molar-refractivity contribution < 1.29 is 22.9 Å². The van der Waals surface area contributed by atoms with Crippen LogP contribution in [0.3, 0.4) is 0 Å². The monoisotopic (exact) mass is 398 g/mol. The van der Waals surface area contributed by atoms with Gasteiger partial charge in [-0.15, -0.1) is 0 Å². The second kappa shape index (κ2) is 8.26. The molecule has 2 aromatic carbocycles. The molecule has 0 saturated heterocycles. The zero-order valence-corrected chi connectivity index (χ0v) is 15.2. The van der Waals surface area contributed by atoms with Gasteiger partial charge in [-0.25, -0.2) is 8.42 Å². The normalized spacial score (nSPS) is 12.4. The van der Waals surface area contributed by atoms with Gasteiger partial charge in [0.1, 0.15) is 11.1 Å². The molecule has 2 aromatic rings. The molecule has 0 aliphatic heterocycles. The summed E-state index contributed by atoms with van der Waals surface area (Å²) in [5, 5.41) is 10.8. The van der Waals surface area contributed by atoms with Crippen molar-refractivity contribution >= 4 is 33.3 Å². The second-order valence-corrected chi connectivity index (χ2v) is 7.38. The zero-order valence-electron chi connectivity index (χ0n) is 13.6. The molecule has 0 amide bonds. The Morgan fingerprint density at radius 2 is 1.92 bits per heavy atom. The topological polar surface area (TPSA) is 116 Å². The highest BCUT2D eigenvalue weighted by molar-refractivity contribution is 7.89. The molecule has 10 heteroatoms. The summed E-state index contributed by atoms with van der Waals surface area (Å²) in [5.74, 6) is -0.777. The van der Waals surface area contributed by atoms with Crippen LogP contribution in [0.2, 0.25) is 5.02 Å². The Bertz CT molecular complexity index is 918. The van der Waals surface area contributed by atoms with Gasteiger partial charge >= 0.3 is 5.97 Å². The number of esters is 1. The van der Waals surface area contributed by atoms with E-state index in [0.29, 0.717) is 5.56 Å². The lowest BCUT2D eigenvalue weighted by Crippen LogP contribution is -2.43. The molecule has 1 atom stereocenters. The Balaban J connectivity index is 2.33. The molecular weight excluding hydrogens is 384 g/mol. The van der Waals surface area contributed by atoms with E-state index < -0.39 is 32.6 Å². The Hall–Kier alpha value is -2.49. The molecule has 0 fully saturated rings. The lowest BCUT2D eigenvalue weighted by atomic mass is 10.1. The van der Waals surface area contributed by atoms with E-state index >= 15 is 0 Å². The third-order valence-electron chi connectivity index (χ3n) is 3.49. The molecule has 26 heavy (non-hydrogen) atoms. The molecule has 0 unspecified atom stereocenters. The van der Waals surface area contributed by atoms with E-state index in [1.807, 2.05) is 0 Å². The number of nitrogens with zero attached hydrogens (tertiary/aromatic N) is 1. The number of methoxy groups -OCH3 is 1. The first-order valence-corrected chi connectivity index (χ1v) is 9.18. The summed E-state index contributed by atoms with van der Waals surface area (Å²) in [6.07, 6.45) is 0.0580. The fourth-order valence-electron chi connectivity index (χ4n) is 2.22. The van der Waals surface area contributed by atoms with Gasteiger partial charge in [0.15, 0.2) is 0 Å². The van der Waals surface area contributed by atoms with Crippen LogP contribution >= 0.6 is 11.6 Å². The van der Waals surface area contributed by atoms with Crippen molar-refractivity contribution in [3.63, 3.8) is 0 Å². The summed E-state index contributed by atoms with van der Waals surface area (Å²) in [6, 6.07) is 10.6. The van der Waals surface area contributed by atoms with Gasteiger partial charge in [-0.05, 0) is 24.1 Å². The molecule has 0 radical (unpaired) electrons. The van der Waals surface area contributed by atoms with Crippen LogP contribution in [0.25, 0.3) is 0 Å². The molecule has 0 aromatic heterocycles.